The first-order valence-corrected chi connectivity index (χ1v) is 3.55. The predicted octanol–water partition coefficient (Wildman–Crippen LogP) is 0.839. The van der Waals surface area contributed by atoms with Crippen LogP contribution in [0.2, 0.25) is 0 Å². The fraction of sp³-hybridized carbons (Fsp3) is 0.250. The van der Waals surface area contributed by atoms with Crippen molar-refractivity contribution in [1.29, 1.82) is 0 Å². The first-order valence-electron chi connectivity index (χ1n) is 3.55. The quantitative estimate of drug-likeness (QED) is 0.692. The Morgan fingerprint density at radius 3 is 2.73 bits per heavy atom. The maximum absolute atomic E-state index is 5.31. The predicted molar refractivity (Wildman–Crippen MR) is 44.7 cm³/mol. The Hall–Kier alpha value is -1.22. The Morgan fingerprint density at radius 2 is 2.09 bits per heavy atom. The van der Waals surface area contributed by atoms with Crippen molar-refractivity contribution >= 4 is 6.08 Å². The summed E-state index contributed by atoms with van der Waals surface area (Å²) in [5, 5.41) is 0. The lowest BCUT2D eigenvalue weighted by molar-refractivity contribution is 1.01. The van der Waals surface area contributed by atoms with Crippen molar-refractivity contribution in [3.05, 3.63) is 30.4 Å². The van der Waals surface area contributed by atoms with Gasteiger partial charge in [-0.3, -0.25) is 0 Å². The van der Waals surface area contributed by atoms with Crippen molar-refractivity contribution in [3.63, 3.8) is 0 Å². The number of aromatic nitrogens is 2. The van der Waals surface area contributed by atoms with Gasteiger partial charge in [0.15, 0.2) is 0 Å². The molecule has 0 unspecified atom stereocenters. The minimum absolute atomic E-state index is 0.685. The molecule has 11 heavy (non-hydrogen) atoms. The van der Waals surface area contributed by atoms with Crippen LogP contribution in [0.3, 0.4) is 0 Å². The second-order valence-corrected chi connectivity index (χ2v) is 2.15. The minimum Gasteiger partial charge on any atom is -0.330 e. The molecule has 58 valence electrons. The summed E-state index contributed by atoms with van der Waals surface area (Å²) in [6.07, 6.45) is 9.92. The Balaban J connectivity index is 2.50. The SMILES string of the molecule is NCC/C=C/c1cncnc1. The van der Waals surface area contributed by atoms with Gasteiger partial charge in [0.25, 0.3) is 0 Å². The summed E-state index contributed by atoms with van der Waals surface area (Å²) in [4.78, 5) is 7.74. The average molecular weight is 149 g/mol. The lowest BCUT2D eigenvalue weighted by atomic mass is 10.3. The Bertz CT molecular complexity index is 218. The summed E-state index contributed by atoms with van der Waals surface area (Å²) < 4.78 is 0. The van der Waals surface area contributed by atoms with Gasteiger partial charge in [-0.05, 0) is 13.0 Å². The molecule has 3 nitrogen and oxygen atoms in total. The summed E-state index contributed by atoms with van der Waals surface area (Å²) in [5.41, 5.74) is 6.32. The van der Waals surface area contributed by atoms with E-state index in [-0.39, 0.29) is 0 Å². The van der Waals surface area contributed by atoms with Gasteiger partial charge < -0.3 is 5.73 Å². The Labute approximate surface area is 66.0 Å². The highest BCUT2D eigenvalue weighted by atomic mass is 14.8. The third-order valence-corrected chi connectivity index (χ3v) is 1.22. The van der Waals surface area contributed by atoms with Gasteiger partial charge in [-0.2, -0.15) is 0 Å². The molecule has 0 aliphatic carbocycles. The van der Waals surface area contributed by atoms with Gasteiger partial charge in [0, 0.05) is 18.0 Å². The molecule has 0 saturated carbocycles. The van der Waals surface area contributed by atoms with Gasteiger partial charge in [-0.15, -0.1) is 0 Å². The maximum Gasteiger partial charge on any atom is 0.115 e. The molecule has 0 aromatic carbocycles. The van der Waals surface area contributed by atoms with E-state index in [1.54, 1.807) is 12.4 Å². The lowest BCUT2D eigenvalue weighted by Gasteiger charge is -1.88. The molecule has 3 heteroatoms. The monoisotopic (exact) mass is 149 g/mol. The van der Waals surface area contributed by atoms with Crippen LogP contribution in [-0.4, -0.2) is 16.5 Å². The van der Waals surface area contributed by atoms with Crippen molar-refractivity contribution in [2.45, 2.75) is 6.42 Å². The van der Waals surface area contributed by atoms with Crippen LogP contribution in [0.15, 0.2) is 24.8 Å². The largest absolute Gasteiger partial charge is 0.330 e. The molecule has 0 amide bonds. The van der Waals surface area contributed by atoms with Crippen molar-refractivity contribution < 1.29 is 0 Å². The molecular weight excluding hydrogens is 138 g/mol. The van der Waals surface area contributed by atoms with Gasteiger partial charge in [-0.25, -0.2) is 9.97 Å². The smallest absolute Gasteiger partial charge is 0.115 e. The van der Waals surface area contributed by atoms with Crippen LogP contribution in [0.5, 0.6) is 0 Å². The molecular formula is C8H11N3. The van der Waals surface area contributed by atoms with E-state index in [4.69, 9.17) is 5.73 Å². The molecule has 0 bridgehead atoms. The lowest BCUT2D eigenvalue weighted by Crippen LogP contribution is -1.94. The van der Waals surface area contributed by atoms with Gasteiger partial charge in [0.1, 0.15) is 6.33 Å². The highest BCUT2D eigenvalue weighted by Gasteiger charge is 1.82. The van der Waals surface area contributed by atoms with Crippen molar-refractivity contribution in [1.82, 2.24) is 9.97 Å². The number of hydrogen-bond donors (Lipinski definition) is 1. The number of nitrogens with two attached hydrogens (primary N) is 1. The van der Waals surface area contributed by atoms with Crippen LogP contribution >= 0.6 is 0 Å². The molecule has 2 N–H and O–H groups in total. The first kappa shape index (κ1) is 7.88. The fourth-order valence-corrected chi connectivity index (χ4v) is 0.712. The summed E-state index contributed by atoms with van der Waals surface area (Å²) in [7, 11) is 0. The molecule has 0 radical (unpaired) electrons. The standard InChI is InChI=1S/C8H11N3/c9-4-2-1-3-8-5-10-7-11-6-8/h1,3,5-7H,2,4,9H2/b3-1+. The topological polar surface area (TPSA) is 51.8 Å². The highest BCUT2D eigenvalue weighted by Crippen LogP contribution is 1.96. The normalized spacial score (nSPS) is 10.6. The van der Waals surface area contributed by atoms with Crippen molar-refractivity contribution in [2.24, 2.45) is 5.73 Å². The number of rotatable bonds is 3. The molecule has 0 spiro atoms. The zero-order valence-electron chi connectivity index (χ0n) is 6.27. The Kier molecular flexibility index (Phi) is 3.28. The molecule has 0 saturated heterocycles. The molecule has 1 rings (SSSR count). The van der Waals surface area contributed by atoms with Crippen LogP contribution in [0.4, 0.5) is 0 Å². The van der Waals surface area contributed by atoms with E-state index in [2.05, 4.69) is 9.97 Å². The summed E-state index contributed by atoms with van der Waals surface area (Å²) >= 11 is 0. The van der Waals surface area contributed by atoms with Gasteiger partial charge in [0.05, 0.1) is 0 Å². The van der Waals surface area contributed by atoms with E-state index in [0.717, 1.165) is 12.0 Å². The van der Waals surface area contributed by atoms with Crippen molar-refractivity contribution in [3.8, 4) is 0 Å². The molecule has 1 aromatic heterocycles. The molecule has 0 fully saturated rings. The number of hydrogen-bond acceptors (Lipinski definition) is 3. The Morgan fingerprint density at radius 1 is 1.36 bits per heavy atom. The van der Waals surface area contributed by atoms with Crippen LogP contribution in [0, 0.1) is 0 Å². The van der Waals surface area contributed by atoms with E-state index >= 15 is 0 Å². The van der Waals surface area contributed by atoms with Crippen LogP contribution in [0.25, 0.3) is 6.08 Å². The van der Waals surface area contributed by atoms with E-state index < -0.39 is 0 Å². The second-order valence-electron chi connectivity index (χ2n) is 2.15. The molecule has 1 aromatic rings. The second kappa shape index (κ2) is 4.57. The maximum atomic E-state index is 5.31. The minimum atomic E-state index is 0.685. The number of nitrogens with zero attached hydrogens (tertiary/aromatic N) is 2. The van der Waals surface area contributed by atoms with Crippen LogP contribution in [0.1, 0.15) is 12.0 Å². The van der Waals surface area contributed by atoms with Gasteiger partial charge >= 0.3 is 0 Å². The molecule has 0 aliphatic rings. The molecule has 0 aliphatic heterocycles. The van der Waals surface area contributed by atoms with E-state index in [1.165, 1.54) is 6.33 Å². The summed E-state index contributed by atoms with van der Waals surface area (Å²) in [6.45, 7) is 0.685. The summed E-state index contributed by atoms with van der Waals surface area (Å²) in [5.74, 6) is 0. The summed E-state index contributed by atoms with van der Waals surface area (Å²) in [6, 6.07) is 0. The van der Waals surface area contributed by atoms with E-state index in [1.807, 2.05) is 12.2 Å². The van der Waals surface area contributed by atoms with Crippen LogP contribution in [-0.2, 0) is 0 Å². The van der Waals surface area contributed by atoms with E-state index in [9.17, 15) is 0 Å². The third kappa shape index (κ3) is 2.91. The first-order chi connectivity index (χ1) is 5.43. The van der Waals surface area contributed by atoms with Crippen molar-refractivity contribution in [2.75, 3.05) is 6.54 Å². The molecule has 0 atom stereocenters. The van der Waals surface area contributed by atoms with E-state index in [0.29, 0.717) is 6.54 Å². The highest BCUT2D eigenvalue weighted by molar-refractivity contribution is 5.45. The zero-order valence-corrected chi connectivity index (χ0v) is 6.27. The van der Waals surface area contributed by atoms with Gasteiger partial charge in [-0.1, -0.05) is 12.2 Å². The zero-order chi connectivity index (χ0) is 7.94. The third-order valence-electron chi connectivity index (χ3n) is 1.22. The van der Waals surface area contributed by atoms with Gasteiger partial charge in [0.2, 0.25) is 0 Å². The average Bonchev–Trinajstić information content (AvgIpc) is 2.07. The van der Waals surface area contributed by atoms with Crippen LogP contribution < -0.4 is 5.73 Å². The molecule has 1 heterocycles. The fourth-order valence-electron chi connectivity index (χ4n) is 0.712.